The molecule has 7 heteroatoms. The third kappa shape index (κ3) is 3.23. The summed E-state index contributed by atoms with van der Waals surface area (Å²) in [4.78, 5) is 17.0. The van der Waals surface area contributed by atoms with Crippen LogP contribution in [0.4, 0.5) is 0 Å². The highest BCUT2D eigenvalue weighted by molar-refractivity contribution is 7.17. The van der Waals surface area contributed by atoms with Crippen LogP contribution in [0.5, 0.6) is 11.5 Å². The number of aliphatic imine (C=N–C) groups is 1. The smallest absolute Gasteiger partial charge is 0.363 e. The van der Waals surface area contributed by atoms with E-state index in [0.29, 0.717) is 21.4 Å². The first-order chi connectivity index (χ1) is 11.1. The minimum absolute atomic E-state index is 0.227. The lowest BCUT2D eigenvalue weighted by atomic mass is 10.2. The highest BCUT2D eigenvalue weighted by atomic mass is 35.5. The van der Waals surface area contributed by atoms with Crippen molar-refractivity contribution in [3.63, 3.8) is 0 Å². The van der Waals surface area contributed by atoms with Crippen molar-refractivity contribution in [2.45, 2.75) is 0 Å². The molecule has 2 aromatic rings. The SMILES string of the molecule is COc1ccc(C2=NC(=Cc3ccc(Cl)s3)C(=O)O2)cc1OC. The van der Waals surface area contributed by atoms with Gasteiger partial charge in [0.25, 0.3) is 0 Å². The lowest BCUT2D eigenvalue weighted by molar-refractivity contribution is -0.129. The molecule has 0 atom stereocenters. The maximum atomic E-state index is 12.0. The molecule has 1 aliphatic rings. The second kappa shape index (κ2) is 6.44. The number of cyclic esters (lactones) is 1. The number of hydrogen-bond acceptors (Lipinski definition) is 6. The Morgan fingerprint density at radius 1 is 1.17 bits per heavy atom. The van der Waals surface area contributed by atoms with Gasteiger partial charge in [-0.1, -0.05) is 11.6 Å². The largest absolute Gasteiger partial charge is 0.493 e. The van der Waals surface area contributed by atoms with Crippen LogP contribution < -0.4 is 9.47 Å². The minimum atomic E-state index is -0.501. The summed E-state index contributed by atoms with van der Waals surface area (Å²) in [5.41, 5.74) is 0.858. The van der Waals surface area contributed by atoms with Crippen LogP contribution in [-0.2, 0) is 9.53 Å². The summed E-state index contributed by atoms with van der Waals surface area (Å²) in [5, 5.41) is 0. The summed E-state index contributed by atoms with van der Waals surface area (Å²) in [6.45, 7) is 0. The molecular weight excluding hydrogens is 338 g/mol. The van der Waals surface area contributed by atoms with Crippen molar-refractivity contribution < 1.29 is 19.0 Å². The van der Waals surface area contributed by atoms with E-state index in [2.05, 4.69) is 4.99 Å². The van der Waals surface area contributed by atoms with Crippen LogP contribution in [0.3, 0.4) is 0 Å². The molecule has 0 aliphatic carbocycles. The molecule has 118 valence electrons. The Bertz CT molecular complexity index is 825. The van der Waals surface area contributed by atoms with E-state index in [-0.39, 0.29) is 11.6 Å². The molecule has 0 saturated carbocycles. The normalized spacial score (nSPS) is 15.5. The van der Waals surface area contributed by atoms with Crippen LogP contribution in [0.1, 0.15) is 10.4 Å². The van der Waals surface area contributed by atoms with Crippen LogP contribution >= 0.6 is 22.9 Å². The maximum absolute atomic E-state index is 12.0. The first-order valence-electron chi connectivity index (χ1n) is 6.61. The molecule has 0 N–H and O–H groups in total. The van der Waals surface area contributed by atoms with Gasteiger partial charge in [-0.3, -0.25) is 0 Å². The second-order valence-corrected chi connectivity index (χ2v) is 6.29. The van der Waals surface area contributed by atoms with E-state index in [0.717, 1.165) is 4.88 Å². The van der Waals surface area contributed by atoms with Crippen LogP contribution in [-0.4, -0.2) is 26.1 Å². The third-order valence-corrected chi connectivity index (χ3v) is 4.30. The number of benzene rings is 1. The lowest BCUT2D eigenvalue weighted by Gasteiger charge is -2.08. The molecule has 1 aliphatic heterocycles. The molecule has 23 heavy (non-hydrogen) atoms. The number of hydrogen-bond donors (Lipinski definition) is 0. The number of esters is 1. The van der Waals surface area contributed by atoms with Gasteiger partial charge in [-0.05, 0) is 36.4 Å². The van der Waals surface area contributed by atoms with Crippen molar-refractivity contribution in [3.8, 4) is 11.5 Å². The first-order valence-corrected chi connectivity index (χ1v) is 7.80. The van der Waals surface area contributed by atoms with Crippen molar-refractivity contribution in [2.24, 2.45) is 4.99 Å². The number of carbonyl (C=O) groups is 1. The number of halogens is 1. The standard InChI is InChI=1S/C16H12ClNO4S/c1-20-12-5-3-9(7-13(12)21-2)15-18-11(16(19)22-15)8-10-4-6-14(17)23-10/h3-8H,1-2H3. The molecule has 1 aromatic carbocycles. The van der Waals surface area contributed by atoms with E-state index in [1.165, 1.54) is 18.4 Å². The van der Waals surface area contributed by atoms with E-state index >= 15 is 0 Å². The molecule has 3 rings (SSSR count). The second-order valence-electron chi connectivity index (χ2n) is 4.55. The zero-order valence-corrected chi connectivity index (χ0v) is 13.9. The molecule has 0 bridgehead atoms. The van der Waals surface area contributed by atoms with Gasteiger partial charge in [-0.2, -0.15) is 0 Å². The molecule has 0 spiro atoms. The van der Waals surface area contributed by atoms with E-state index in [9.17, 15) is 4.79 Å². The van der Waals surface area contributed by atoms with Crippen molar-refractivity contribution >= 4 is 40.9 Å². The van der Waals surface area contributed by atoms with Gasteiger partial charge in [-0.15, -0.1) is 11.3 Å². The number of methoxy groups -OCH3 is 2. The Morgan fingerprint density at radius 2 is 1.96 bits per heavy atom. The molecule has 0 amide bonds. The number of nitrogens with zero attached hydrogens (tertiary/aromatic N) is 1. The fourth-order valence-corrected chi connectivity index (χ4v) is 3.04. The van der Waals surface area contributed by atoms with Gasteiger partial charge in [0.2, 0.25) is 5.90 Å². The average molecular weight is 350 g/mol. The summed E-state index contributed by atoms with van der Waals surface area (Å²) in [7, 11) is 3.09. The highest BCUT2D eigenvalue weighted by Gasteiger charge is 2.25. The summed E-state index contributed by atoms with van der Waals surface area (Å²) in [6.07, 6.45) is 1.65. The number of ether oxygens (including phenoxy) is 3. The van der Waals surface area contributed by atoms with E-state index in [1.54, 1.807) is 37.5 Å². The van der Waals surface area contributed by atoms with Gasteiger partial charge in [0.15, 0.2) is 17.2 Å². The van der Waals surface area contributed by atoms with Gasteiger partial charge in [-0.25, -0.2) is 9.79 Å². The molecule has 5 nitrogen and oxygen atoms in total. The summed E-state index contributed by atoms with van der Waals surface area (Å²) in [6, 6.07) is 8.76. The molecule has 2 heterocycles. The van der Waals surface area contributed by atoms with Gasteiger partial charge in [0, 0.05) is 10.4 Å². The molecule has 1 aromatic heterocycles. The Morgan fingerprint density at radius 3 is 2.61 bits per heavy atom. The van der Waals surface area contributed by atoms with E-state index in [4.69, 9.17) is 25.8 Å². The van der Waals surface area contributed by atoms with Crippen LogP contribution in [0.15, 0.2) is 41.0 Å². The van der Waals surface area contributed by atoms with Crippen molar-refractivity contribution in [3.05, 3.63) is 50.8 Å². The van der Waals surface area contributed by atoms with Crippen molar-refractivity contribution in [1.82, 2.24) is 0 Å². The zero-order chi connectivity index (χ0) is 16.4. The van der Waals surface area contributed by atoms with E-state index in [1.807, 2.05) is 6.07 Å². The Labute approximate surface area is 141 Å². The molecule has 0 unspecified atom stereocenters. The van der Waals surface area contributed by atoms with Gasteiger partial charge in [0.05, 0.1) is 18.6 Å². The fraction of sp³-hybridized carbons (Fsp3) is 0.125. The third-order valence-electron chi connectivity index (χ3n) is 3.12. The fourth-order valence-electron chi connectivity index (χ4n) is 2.04. The predicted molar refractivity (Wildman–Crippen MR) is 89.5 cm³/mol. The highest BCUT2D eigenvalue weighted by Crippen LogP contribution is 2.30. The quantitative estimate of drug-likeness (QED) is 0.623. The van der Waals surface area contributed by atoms with Crippen LogP contribution in [0, 0.1) is 0 Å². The van der Waals surface area contributed by atoms with Gasteiger partial charge in [0.1, 0.15) is 0 Å². The lowest BCUT2D eigenvalue weighted by Crippen LogP contribution is -2.05. The minimum Gasteiger partial charge on any atom is -0.493 e. The Kier molecular flexibility index (Phi) is 4.36. The number of carbonyl (C=O) groups excluding carboxylic acids is 1. The Hall–Kier alpha value is -2.31. The maximum Gasteiger partial charge on any atom is 0.363 e. The van der Waals surface area contributed by atoms with Crippen LogP contribution in [0.2, 0.25) is 4.34 Å². The summed E-state index contributed by atoms with van der Waals surface area (Å²) in [5.74, 6) is 0.848. The average Bonchev–Trinajstić information content (AvgIpc) is 3.13. The topological polar surface area (TPSA) is 57.1 Å². The molecular formula is C16H12ClNO4S. The van der Waals surface area contributed by atoms with E-state index < -0.39 is 5.97 Å². The molecule has 0 radical (unpaired) electrons. The van der Waals surface area contributed by atoms with Crippen molar-refractivity contribution in [2.75, 3.05) is 14.2 Å². The summed E-state index contributed by atoms with van der Waals surface area (Å²) < 4.78 is 16.3. The molecule has 0 saturated heterocycles. The number of rotatable bonds is 4. The predicted octanol–water partition coefficient (Wildman–Crippen LogP) is 3.76. The first kappa shape index (κ1) is 15.6. The van der Waals surface area contributed by atoms with Gasteiger partial charge >= 0.3 is 5.97 Å². The number of thiophene rings is 1. The Balaban J connectivity index is 1.93. The zero-order valence-electron chi connectivity index (χ0n) is 12.3. The summed E-state index contributed by atoms with van der Waals surface area (Å²) >= 11 is 7.24. The van der Waals surface area contributed by atoms with Gasteiger partial charge < -0.3 is 14.2 Å². The monoisotopic (exact) mass is 349 g/mol. The van der Waals surface area contributed by atoms with Crippen LogP contribution in [0.25, 0.3) is 6.08 Å². The molecule has 0 fully saturated rings. The van der Waals surface area contributed by atoms with Crippen molar-refractivity contribution in [1.29, 1.82) is 0 Å².